The minimum absolute atomic E-state index is 0.0505. The second-order valence-corrected chi connectivity index (χ2v) is 14.7. The average molecular weight is 758 g/mol. The van der Waals surface area contributed by atoms with Gasteiger partial charge < -0.3 is 23.4 Å². The van der Waals surface area contributed by atoms with Gasteiger partial charge in [-0.25, -0.2) is 4.79 Å². The van der Waals surface area contributed by atoms with Crippen LogP contribution < -0.4 is 19.8 Å². The summed E-state index contributed by atoms with van der Waals surface area (Å²) >= 11 is 2.17. The first kappa shape index (κ1) is 36.3. The summed E-state index contributed by atoms with van der Waals surface area (Å²) < 4.78 is 106. The van der Waals surface area contributed by atoms with E-state index >= 15 is 0 Å². The topological polar surface area (TPSA) is 84.2 Å². The van der Waals surface area contributed by atoms with Crippen LogP contribution in [0.3, 0.4) is 0 Å². The third kappa shape index (κ3) is 9.19. The minimum Gasteiger partial charge on any atom is -0.497 e. The summed E-state index contributed by atoms with van der Waals surface area (Å²) in [6.07, 6.45) is -9.11. The van der Waals surface area contributed by atoms with E-state index in [-0.39, 0.29) is 37.0 Å². The summed E-state index contributed by atoms with van der Waals surface area (Å²) in [6.45, 7) is 6.20. The van der Waals surface area contributed by atoms with E-state index in [0.29, 0.717) is 12.8 Å². The molecule has 0 radical (unpaired) electrons. The summed E-state index contributed by atoms with van der Waals surface area (Å²) in [4.78, 5) is 25.7. The van der Waals surface area contributed by atoms with Gasteiger partial charge >= 0.3 is 24.1 Å². The monoisotopic (exact) mass is 758 g/mol. The molecular weight excluding hydrogens is 725 g/mol. The van der Waals surface area contributed by atoms with Gasteiger partial charge in [-0.2, -0.15) is 13.2 Å². The first-order valence-electron chi connectivity index (χ1n) is 13.7. The van der Waals surface area contributed by atoms with Crippen LogP contribution in [0.2, 0.25) is 0 Å². The van der Waals surface area contributed by atoms with Crippen LogP contribution in [-0.4, -0.2) is 42.3 Å². The molecule has 45 heavy (non-hydrogen) atoms. The lowest BCUT2D eigenvalue weighted by atomic mass is 9.79. The smallest absolute Gasteiger partial charge is 0.497 e. The van der Waals surface area contributed by atoms with E-state index in [2.05, 4.69) is 27.3 Å². The maximum absolute atomic E-state index is 14.2. The molecule has 0 N–H and O–H groups in total. The van der Waals surface area contributed by atoms with Gasteiger partial charge in [0.25, 0.3) is 0 Å². The van der Waals surface area contributed by atoms with Gasteiger partial charge in [-0.3, -0.25) is 4.79 Å². The molecule has 1 heterocycles. The van der Waals surface area contributed by atoms with Gasteiger partial charge in [0.1, 0.15) is 41.5 Å². The maximum Gasteiger partial charge on any atom is 0.573 e. The van der Waals surface area contributed by atoms with Crippen molar-refractivity contribution in [3.8, 4) is 28.4 Å². The van der Waals surface area contributed by atoms with Gasteiger partial charge in [0.15, 0.2) is 0 Å². The molecule has 2 unspecified atom stereocenters. The van der Waals surface area contributed by atoms with E-state index in [0.717, 1.165) is 13.0 Å². The Labute approximate surface area is 269 Å². The Balaban J connectivity index is 1.86. The maximum atomic E-state index is 14.2. The van der Waals surface area contributed by atoms with Crippen molar-refractivity contribution >= 4 is 39.5 Å². The van der Waals surface area contributed by atoms with E-state index in [1.807, 2.05) is 13.8 Å². The standard InChI is InChI=1S/C31H33F6IO7/c1-7-28(4,15-27(2,3)38)26(40)43-17-29(5,30(32,33)34)16-42-20-9-8-18-12-22(25(39)44-23(18)14-20)21-11-10-19(41-6)13-24(21)45-31(35,36)37/h8-14H,7,15-17H2,1-6H3. The van der Waals surface area contributed by atoms with Gasteiger partial charge in [-0.1, -0.05) is 43.4 Å². The van der Waals surface area contributed by atoms with Crippen molar-refractivity contribution in [2.24, 2.45) is 10.8 Å². The number of carbonyl (C=O) groups excluding carboxylic acids is 1. The summed E-state index contributed by atoms with van der Waals surface area (Å²) in [5, 5.41) is 0.246. The highest BCUT2D eigenvalue weighted by Crippen LogP contribution is 2.42. The Morgan fingerprint density at radius 1 is 0.889 bits per heavy atom. The Morgan fingerprint density at radius 2 is 1.53 bits per heavy atom. The highest BCUT2D eigenvalue weighted by atomic mass is 127. The molecule has 0 fully saturated rings. The normalized spacial score (nSPS) is 15.2. The molecule has 0 aliphatic carbocycles. The number of alkyl halides is 7. The predicted octanol–water partition coefficient (Wildman–Crippen LogP) is 8.88. The van der Waals surface area contributed by atoms with Crippen LogP contribution in [0.15, 0.2) is 51.7 Å². The molecule has 0 aliphatic rings. The molecule has 0 saturated carbocycles. The molecule has 2 atom stereocenters. The number of benzene rings is 2. The Kier molecular flexibility index (Phi) is 10.7. The van der Waals surface area contributed by atoms with Gasteiger partial charge in [0.05, 0.1) is 18.1 Å². The van der Waals surface area contributed by atoms with Crippen LogP contribution in [-0.2, 0) is 9.53 Å². The fourth-order valence-electron chi connectivity index (χ4n) is 4.55. The molecular formula is C31H33F6IO7. The molecule has 0 bridgehead atoms. The molecule has 3 aromatic rings. The van der Waals surface area contributed by atoms with Crippen LogP contribution in [0.4, 0.5) is 26.3 Å². The molecule has 248 valence electrons. The van der Waals surface area contributed by atoms with Gasteiger partial charge in [-0.05, 0) is 57.0 Å². The number of fused-ring (bicyclic) bond motifs is 1. The average Bonchev–Trinajstić information content (AvgIpc) is 2.92. The summed E-state index contributed by atoms with van der Waals surface area (Å²) in [6, 6.07) is 8.62. The third-order valence-electron chi connectivity index (χ3n) is 7.26. The summed E-state index contributed by atoms with van der Waals surface area (Å²) in [7, 11) is 1.25. The van der Waals surface area contributed by atoms with Gasteiger partial charge in [0.2, 0.25) is 0 Å². The zero-order valence-corrected chi connectivity index (χ0v) is 27.5. The molecule has 3 rings (SSSR count). The SMILES string of the molecule is CCC(C)(CC(C)(C)I)C(=O)OCC(C)(COc1ccc2cc(-c3ccc(OC)cc3OC(F)(F)F)c(=O)oc2c1)C(F)(F)F. The van der Waals surface area contributed by atoms with Crippen LogP contribution >= 0.6 is 22.6 Å². The molecule has 1 aromatic heterocycles. The van der Waals surface area contributed by atoms with Crippen LogP contribution in [0.1, 0.15) is 47.5 Å². The predicted molar refractivity (Wildman–Crippen MR) is 163 cm³/mol. The number of methoxy groups -OCH3 is 1. The summed E-state index contributed by atoms with van der Waals surface area (Å²) in [5.41, 5.74) is -5.17. The van der Waals surface area contributed by atoms with E-state index in [9.17, 15) is 35.9 Å². The van der Waals surface area contributed by atoms with Crippen LogP contribution in [0.25, 0.3) is 22.1 Å². The lowest BCUT2D eigenvalue weighted by Crippen LogP contribution is -2.46. The second-order valence-electron chi connectivity index (χ2n) is 11.8. The number of hydrogen-bond donors (Lipinski definition) is 0. The quantitative estimate of drug-likeness (QED) is 0.0600. The molecule has 0 spiro atoms. The van der Waals surface area contributed by atoms with Crippen molar-refractivity contribution in [2.75, 3.05) is 20.3 Å². The number of carbonyl (C=O) groups is 1. The number of rotatable bonds is 12. The first-order chi connectivity index (χ1) is 20.6. The first-order valence-corrected chi connectivity index (χ1v) is 14.8. The van der Waals surface area contributed by atoms with Gasteiger partial charge in [-0.15, -0.1) is 13.2 Å². The second kappa shape index (κ2) is 13.3. The fourth-order valence-corrected chi connectivity index (χ4v) is 5.39. The van der Waals surface area contributed by atoms with Crippen molar-refractivity contribution in [2.45, 2.75) is 63.4 Å². The minimum atomic E-state index is -5.06. The highest BCUT2D eigenvalue weighted by Gasteiger charge is 2.53. The Hall–Kier alpha value is -3.17. The summed E-state index contributed by atoms with van der Waals surface area (Å²) in [5.74, 6) is -1.47. The number of esters is 1. The number of hydrogen-bond acceptors (Lipinski definition) is 7. The Morgan fingerprint density at radius 3 is 2.09 bits per heavy atom. The van der Waals surface area contributed by atoms with Crippen molar-refractivity contribution in [3.63, 3.8) is 0 Å². The molecule has 0 aliphatic heterocycles. The third-order valence-corrected chi connectivity index (χ3v) is 7.64. The zero-order chi connectivity index (χ0) is 34.0. The van der Waals surface area contributed by atoms with Crippen LogP contribution in [0, 0.1) is 10.8 Å². The molecule has 0 amide bonds. The largest absolute Gasteiger partial charge is 0.573 e. The van der Waals surface area contributed by atoms with Crippen molar-refractivity contribution in [1.82, 2.24) is 0 Å². The van der Waals surface area contributed by atoms with Gasteiger partial charge in [0, 0.05) is 26.5 Å². The van der Waals surface area contributed by atoms with E-state index in [1.165, 1.54) is 43.5 Å². The van der Waals surface area contributed by atoms with Crippen molar-refractivity contribution < 1.29 is 54.5 Å². The number of ether oxygens (including phenoxy) is 4. The lowest BCUT2D eigenvalue weighted by Gasteiger charge is -2.35. The van der Waals surface area contributed by atoms with Crippen molar-refractivity contribution in [3.05, 3.63) is 52.9 Å². The van der Waals surface area contributed by atoms with Crippen LogP contribution in [0.5, 0.6) is 17.2 Å². The molecule has 7 nitrogen and oxygen atoms in total. The molecule has 2 aromatic carbocycles. The Bertz CT molecular complexity index is 1580. The van der Waals surface area contributed by atoms with Crippen molar-refractivity contribution in [1.29, 1.82) is 0 Å². The molecule has 0 saturated heterocycles. The highest BCUT2D eigenvalue weighted by molar-refractivity contribution is 14.1. The van der Waals surface area contributed by atoms with E-state index in [4.69, 9.17) is 18.6 Å². The van der Waals surface area contributed by atoms with E-state index in [1.54, 1.807) is 13.8 Å². The number of halogens is 7. The fraction of sp³-hybridized carbons (Fsp3) is 0.484. The zero-order valence-electron chi connectivity index (χ0n) is 25.4. The lowest BCUT2D eigenvalue weighted by molar-refractivity contribution is -0.274. The molecule has 14 heteroatoms. The van der Waals surface area contributed by atoms with E-state index < -0.39 is 53.9 Å².